The third-order valence-electron chi connectivity index (χ3n) is 1.70. The maximum absolute atomic E-state index is 12.7. The summed E-state index contributed by atoms with van der Waals surface area (Å²) >= 11 is 0. The van der Waals surface area contributed by atoms with Gasteiger partial charge in [0.15, 0.2) is 0 Å². The fourth-order valence-corrected chi connectivity index (χ4v) is 1.02. The molecule has 0 aliphatic rings. The van der Waals surface area contributed by atoms with Crippen molar-refractivity contribution in [2.75, 3.05) is 7.11 Å². The SMILES string of the molecule is COC(=O)[C@H](N)c1cc(F)cc(F)c1. The summed E-state index contributed by atoms with van der Waals surface area (Å²) in [6.45, 7) is 0. The number of carbonyl (C=O) groups excluding carboxylic acids is 1. The Bertz CT molecular complexity index is 334. The van der Waals surface area contributed by atoms with E-state index < -0.39 is 23.6 Å². The lowest BCUT2D eigenvalue weighted by Crippen LogP contribution is -2.22. The molecule has 76 valence electrons. The molecule has 0 saturated heterocycles. The molecule has 2 N–H and O–H groups in total. The number of hydrogen-bond acceptors (Lipinski definition) is 3. The Morgan fingerprint density at radius 3 is 2.29 bits per heavy atom. The number of nitrogens with two attached hydrogens (primary N) is 1. The van der Waals surface area contributed by atoms with E-state index in [4.69, 9.17) is 5.73 Å². The Morgan fingerprint density at radius 2 is 1.86 bits per heavy atom. The topological polar surface area (TPSA) is 52.3 Å². The fraction of sp³-hybridized carbons (Fsp3) is 0.222. The summed E-state index contributed by atoms with van der Waals surface area (Å²) in [6.07, 6.45) is 0. The molecule has 3 nitrogen and oxygen atoms in total. The first-order valence-electron chi connectivity index (χ1n) is 3.84. The van der Waals surface area contributed by atoms with Crippen LogP contribution < -0.4 is 5.73 Å². The molecule has 5 heteroatoms. The molecule has 0 unspecified atom stereocenters. The molecule has 1 rings (SSSR count). The zero-order valence-corrected chi connectivity index (χ0v) is 7.46. The number of hydrogen-bond donors (Lipinski definition) is 1. The lowest BCUT2D eigenvalue weighted by molar-refractivity contribution is -0.142. The summed E-state index contributed by atoms with van der Waals surface area (Å²) in [7, 11) is 1.15. The number of halogens is 2. The maximum Gasteiger partial charge on any atom is 0.327 e. The summed E-state index contributed by atoms with van der Waals surface area (Å²) in [5.74, 6) is -2.30. The van der Waals surface area contributed by atoms with Crippen molar-refractivity contribution in [1.82, 2.24) is 0 Å². The number of methoxy groups -OCH3 is 1. The highest BCUT2D eigenvalue weighted by atomic mass is 19.1. The molecule has 0 bridgehead atoms. The molecule has 0 aromatic heterocycles. The molecule has 0 amide bonds. The Kier molecular flexibility index (Phi) is 3.14. The minimum atomic E-state index is -1.16. The van der Waals surface area contributed by atoms with Crippen LogP contribution >= 0.6 is 0 Å². The van der Waals surface area contributed by atoms with E-state index in [1.807, 2.05) is 0 Å². The molecule has 1 atom stereocenters. The summed E-state index contributed by atoms with van der Waals surface area (Å²) < 4.78 is 29.8. The van der Waals surface area contributed by atoms with Crippen LogP contribution in [0.5, 0.6) is 0 Å². The number of carbonyl (C=O) groups is 1. The number of ether oxygens (including phenoxy) is 1. The lowest BCUT2D eigenvalue weighted by atomic mass is 10.1. The molecule has 14 heavy (non-hydrogen) atoms. The number of rotatable bonds is 2. The predicted octanol–water partition coefficient (Wildman–Crippen LogP) is 1.14. The van der Waals surface area contributed by atoms with Gasteiger partial charge in [0.25, 0.3) is 0 Å². The Labute approximate surface area is 79.5 Å². The summed E-state index contributed by atoms with van der Waals surface area (Å²) in [4.78, 5) is 10.9. The third-order valence-corrected chi connectivity index (χ3v) is 1.70. The van der Waals surface area contributed by atoms with Crippen molar-refractivity contribution in [3.63, 3.8) is 0 Å². The standard InChI is InChI=1S/C9H9F2NO2/c1-14-9(13)8(12)5-2-6(10)4-7(11)3-5/h2-4,8H,12H2,1H3/t8-/m1/s1. The molecule has 1 aromatic rings. The molecule has 0 radical (unpaired) electrons. The van der Waals surface area contributed by atoms with Crippen molar-refractivity contribution in [1.29, 1.82) is 0 Å². The second-order valence-electron chi connectivity index (χ2n) is 2.70. The van der Waals surface area contributed by atoms with E-state index >= 15 is 0 Å². The molecule has 0 fully saturated rings. The zero-order valence-electron chi connectivity index (χ0n) is 7.46. The van der Waals surface area contributed by atoms with E-state index in [9.17, 15) is 13.6 Å². The van der Waals surface area contributed by atoms with Crippen molar-refractivity contribution in [2.24, 2.45) is 5.73 Å². The van der Waals surface area contributed by atoms with Crippen LogP contribution in [-0.2, 0) is 9.53 Å². The van der Waals surface area contributed by atoms with E-state index in [2.05, 4.69) is 4.74 Å². The summed E-state index contributed by atoms with van der Waals surface area (Å²) in [5.41, 5.74) is 5.43. The van der Waals surface area contributed by atoms with Crippen molar-refractivity contribution >= 4 is 5.97 Å². The van der Waals surface area contributed by atoms with Crippen LogP contribution in [0.15, 0.2) is 18.2 Å². The minimum Gasteiger partial charge on any atom is -0.468 e. The largest absolute Gasteiger partial charge is 0.468 e. The second-order valence-corrected chi connectivity index (χ2v) is 2.70. The first-order valence-corrected chi connectivity index (χ1v) is 3.84. The maximum atomic E-state index is 12.7. The normalized spacial score (nSPS) is 12.3. The van der Waals surface area contributed by atoms with Crippen molar-refractivity contribution in [3.05, 3.63) is 35.4 Å². The monoisotopic (exact) mass is 201 g/mol. The van der Waals surface area contributed by atoms with Crippen LogP contribution in [0, 0.1) is 11.6 Å². The first kappa shape index (κ1) is 10.6. The van der Waals surface area contributed by atoms with Gasteiger partial charge in [-0.1, -0.05) is 0 Å². The third kappa shape index (κ3) is 2.26. The molecular formula is C9H9F2NO2. The molecule has 0 saturated carbocycles. The Balaban J connectivity index is 3.00. The van der Waals surface area contributed by atoms with Gasteiger partial charge in [-0.05, 0) is 17.7 Å². The smallest absolute Gasteiger partial charge is 0.327 e. The van der Waals surface area contributed by atoms with Gasteiger partial charge in [0.05, 0.1) is 7.11 Å². The predicted molar refractivity (Wildman–Crippen MR) is 45.3 cm³/mol. The van der Waals surface area contributed by atoms with Crippen LogP contribution in [-0.4, -0.2) is 13.1 Å². The Morgan fingerprint density at radius 1 is 1.36 bits per heavy atom. The van der Waals surface area contributed by atoms with E-state index in [0.717, 1.165) is 19.2 Å². The first-order chi connectivity index (χ1) is 6.54. The molecule has 0 aliphatic carbocycles. The molecule has 1 aromatic carbocycles. The van der Waals surface area contributed by atoms with Crippen molar-refractivity contribution in [3.8, 4) is 0 Å². The average molecular weight is 201 g/mol. The van der Waals surface area contributed by atoms with E-state index in [-0.39, 0.29) is 5.56 Å². The van der Waals surface area contributed by atoms with E-state index in [1.165, 1.54) is 0 Å². The number of benzene rings is 1. The van der Waals surface area contributed by atoms with Gasteiger partial charge in [-0.15, -0.1) is 0 Å². The van der Waals surface area contributed by atoms with Gasteiger partial charge in [-0.3, -0.25) is 4.79 Å². The summed E-state index contributed by atoms with van der Waals surface area (Å²) in [5, 5.41) is 0. The minimum absolute atomic E-state index is 0.0503. The quantitative estimate of drug-likeness (QED) is 0.730. The molecule has 0 spiro atoms. The highest BCUT2D eigenvalue weighted by molar-refractivity contribution is 5.77. The van der Waals surface area contributed by atoms with Crippen LogP contribution in [0.2, 0.25) is 0 Å². The van der Waals surface area contributed by atoms with Gasteiger partial charge >= 0.3 is 5.97 Å². The van der Waals surface area contributed by atoms with E-state index in [0.29, 0.717) is 6.07 Å². The van der Waals surface area contributed by atoms with Crippen LogP contribution in [0.25, 0.3) is 0 Å². The molecular weight excluding hydrogens is 192 g/mol. The highest BCUT2D eigenvalue weighted by Gasteiger charge is 2.17. The second kappa shape index (κ2) is 4.15. The summed E-state index contributed by atoms with van der Waals surface area (Å²) in [6, 6.07) is 1.52. The van der Waals surface area contributed by atoms with Gasteiger partial charge in [-0.25, -0.2) is 8.78 Å². The van der Waals surface area contributed by atoms with Gasteiger partial charge < -0.3 is 10.5 Å². The molecule has 0 heterocycles. The lowest BCUT2D eigenvalue weighted by Gasteiger charge is -2.09. The van der Waals surface area contributed by atoms with Crippen LogP contribution in [0.4, 0.5) is 8.78 Å². The van der Waals surface area contributed by atoms with Crippen LogP contribution in [0.3, 0.4) is 0 Å². The highest BCUT2D eigenvalue weighted by Crippen LogP contribution is 2.15. The van der Waals surface area contributed by atoms with Gasteiger partial charge in [0.2, 0.25) is 0 Å². The zero-order chi connectivity index (χ0) is 10.7. The average Bonchev–Trinajstić information content (AvgIpc) is 2.14. The van der Waals surface area contributed by atoms with Gasteiger partial charge in [0, 0.05) is 6.07 Å². The van der Waals surface area contributed by atoms with Crippen molar-refractivity contribution < 1.29 is 18.3 Å². The van der Waals surface area contributed by atoms with Crippen LogP contribution in [0.1, 0.15) is 11.6 Å². The van der Waals surface area contributed by atoms with Gasteiger partial charge in [-0.2, -0.15) is 0 Å². The fourth-order valence-electron chi connectivity index (χ4n) is 1.02. The Hall–Kier alpha value is -1.49. The molecule has 0 aliphatic heterocycles. The number of esters is 1. The van der Waals surface area contributed by atoms with Gasteiger partial charge in [0.1, 0.15) is 17.7 Å². The van der Waals surface area contributed by atoms with Crippen molar-refractivity contribution in [2.45, 2.75) is 6.04 Å². The van der Waals surface area contributed by atoms with E-state index in [1.54, 1.807) is 0 Å².